The van der Waals surface area contributed by atoms with Crippen molar-refractivity contribution in [2.75, 3.05) is 49.3 Å². The van der Waals surface area contributed by atoms with Crippen LogP contribution < -0.4 is 20.3 Å². The number of likely N-dealkylation sites (tertiary alicyclic amines) is 1. The Hall–Kier alpha value is -4.29. The molecule has 43 heavy (non-hydrogen) atoms. The van der Waals surface area contributed by atoms with E-state index in [0.717, 1.165) is 30.0 Å². The molecule has 2 aliphatic rings. The molecule has 1 aliphatic carbocycles. The molecule has 4 aromatic carbocycles. The van der Waals surface area contributed by atoms with Crippen LogP contribution in [-0.2, 0) is 12.8 Å². The first-order chi connectivity index (χ1) is 21.0. The van der Waals surface area contributed by atoms with Gasteiger partial charge in [0.05, 0.1) is 0 Å². The molecule has 2 amide bonds. The maximum Gasteiger partial charge on any atom is 0.323 e. The number of benzene rings is 4. The fourth-order valence-electron chi connectivity index (χ4n) is 6.46. The van der Waals surface area contributed by atoms with Crippen molar-refractivity contribution >= 4 is 23.1 Å². The molecule has 1 atom stereocenters. The number of ether oxygens (including phenoxy) is 1. The van der Waals surface area contributed by atoms with Crippen LogP contribution in [0, 0.1) is 5.92 Å². The lowest BCUT2D eigenvalue weighted by atomic mass is 9.82. The molecule has 4 aromatic rings. The molecule has 0 spiro atoms. The molecule has 1 fully saturated rings. The number of carbonyl (C=O) groups is 1. The summed E-state index contributed by atoms with van der Waals surface area (Å²) >= 11 is 0. The van der Waals surface area contributed by atoms with E-state index in [1.165, 1.54) is 61.3 Å². The standard InChI is InChI=1S/C37H42N4O2/c1-40(2)34-8-6-7-29(25-34)28-19-21-41(22-20-28)26-27-11-12-31-24-33(14-13-30(31)23-27)39-37(42)38-32-15-17-36(18-16-32)43-35-9-4-3-5-10-35/h3-10,13-18,24-25,27-28H,11-12,19-23,26H2,1-2H3,(H2,38,39,42). The van der Waals surface area contributed by atoms with Crippen molar-refractivity contribution in [3.8, 4) is 11.5 Å². The predicted octanol–water partition coefficient (Wildman–Crippen LogP) is 8.17. The Morgan fingerprint density at radius 1 is 0.791 bits per heavy atom. The highest BCUT2D eigenvalue weighted by Crippen LogP contribution is 2.33. The molecule has 6 rings (SSSR count). The van der Waals surface area contributed by atoms with Gasteiger partial charge in [-0.15, -0.1) is 0 Å². The van der Waals surface area contributed by atoms with Crippen LogP contribution in [0.2, 0.25) is 0 Å². The Kier molecular flexibility index (Phi) is 8.94. The van der Waals surface area contributed by atoms with E-state index >= 15 is 0 Å². The largest absolute Gasteiger partial charge is 0.457 e. The van der Waals surface area contributed by atoms with Gasteiger partial charge < -0.3 is 25.2 Å². The lowest BCUT2D eigenvalue weighted by Crippen LogP contribution is -2.38. The zero-order chi connectivity index (χ0) is 29.6. The van der Waals surface area contributed by atoms with E-state index in [-0.39, 0.29) is 6.03 Å². The van der Waals surface area contributed by atoms with Gasteiger partial charge in [0.15, 0.2) is 0 Å². The number of rotatable bonds is 8. The molecule has 6 nitrogen and oxygen atoms in total. The average Bonchev–Trinajstić information content (AvgIpc) is 3.03. The van der Waals surface area contributed by atoms with E-state index in [0.29, 0.717) is 17.5 Å². The highest BCUT2D eigenvalue weighted by Gasteiger charge is 2.25. The van der Waals surface area contributed by atoms with Gasteiger partial charge in [0.1, 0.15) is 11.5 Å². The molecule has 1 unspecified atom stereocenters. The third-order valence-corrected chi connectivity index (χ3v) is 8.85. The molecular formula is C37H42N4O2. The van der Waals surface area contributed by atoms with Crippen LogP contribution in [0.1, 0.15) is 41.9 Å². The topological polar surface area (TPSA) is 56.8 Å². The zero-order valence-electron chi connectivity index (χ0n) is 25.3. The summed E-state index contributed by atoms with van der Waals surface area (Å²) in [6.07, 6.45) is 5.86. The van der Waals surface area contributed by atoms with Crippen molar-refractivity contribution in [1.29, 1.82) is 0 Å². The van der Waals surface area contributed by atoms with Crippen LogP contribution in [0.3, 0.4) is 0 Å². The van der Waals surface area contributed by atoms with Crippen LogP contribution in [0.15, 0.2) is 97.1 Å². The van der Waals surface area contributed by atoms with E-state index in [1.54, 1.807) is 0 Å². The first kappa shape index (κ1) is 28.8. The minimum atomic E-state index is -0.248. The van der Waals surface area contributed by atoms with Crippen molar-refractivity contribution < 1.29 is 9.53 Å². The number of para-hydroxylation sites is 1. The Labute approximate surface area is 255 Å². The molecule has 0 radical (unpaired) electrons. The number of fused-ring (bicyclic) bond motifs is 1. The number of urea groups is 1. The Morgan fingerprint density at radius 3 is 2.28 bits per heavy atom. The second kappa shape index (κ2) is 13.3. The van der Waals surface area contributed by atoms with E-state index in [2.05, 4.69) is 70.9 Å². The third kappa shape index (κ3) is 7.57. The summed E-state index contributed by atoms with van der Waals surface area (Å²) < 4.78 is 5.84. The molecule has 0 bridgehead atoms. The van der Waals surface area contributed by atoms with Crippen LogP contribution in [-0.4, -0.2) is 44.7 Å². The summed E-state index contributed by atoms with van der Waals surface area (Å²) in [4.78, 5) is 17.6. The summed E-state index contributed by atoms with van der Waals surface area (Å²) in [5.41, 5.74) is 7.10. The normalized spacial score (nSPS) is 17.1. The van der Waals surface area contributed by atoms with Gasteiger partial charge in [-0.2, -0.15) is 0 Å². The van der Waals surface area contributed by atoms with Crippen molar-refractivity contribution in [1.82, 2.24) is 4.90 Å². The van der Waals surface area contributed by atoms with Gasteiger partial charge in [0.2, 0.25) is 0 Å². The Bertz CT molecular complexity index is 1510. The second-order valence-electron chi connectivity index (χ2n) is 12.2. The summed E-state index contributed by atoms with van der Waals surface area (Å²) in [7, 11) is 4.23. The van der Waals surface area contributed by atoms with Gasteiger partial charge in [0.25, 0.3) is 0 Å². The van der Waals surface area contributed by atoms with Crippen LogP contribution >= 0.6 is 0 Å². The number of amides is 2. The van der Waals surface area contributed by atoms with Crippen molar-refractivity contribution in [3.63, 3.8) is 0 Å². The number of anilines is 3. The van der Waals surface area contributed by atoms with Gasteiger partial charge in [-0.25, -0.2) is 4.79 Å². The molecule has 0 aromatic heterocycles. The van der Waals surface area contributed by atoms with Gasteiger partial charge in [-0.3, -0.25) is 0 Å². The quantitative estimate of drug-likeness (QED) is 0.223. The van der Waals surface area contributed by atoms with Crippen molar-refractivity contribution in [2.24, 2.45) is 5.92 Å². The van der Waals surface area contributed by atoms with E-state index in [1.807, 2.05) is 60.7 Å². The maximum atomic E-state index is 12.7. The minimum Gasteiger partial charge on any atom is -0.457 e. The SMILES string of the molecule is CN(C)c1cccc(C2CCN(CC3CCc4cc(NC(=O)Nc5ccc(Oc6ccccc6)cc5)ccc4C3)CC2)c1. The smallest absolute Gasteiger partial charge is 0.323 e. The number of hydrogen-bond acceptors (Lipinski definition) is 4. The second-order valence-corrected chi connectivity index (χ2v) is 12.2. The molecule has 6 heteroatoms. The monoisotopic (exact) mass is 574 g/mol. The average molecular weight is 575 g/mol. The van der Waals surface area contributed by atoms with E-state index in [4.69, 9.17) is 4.74 Å². The number of carbonyl (C=O) groups excluding carboxylic acids is 1. The number of nitrogens with zero attached hydrogens (tertiary/aromatic N) is 2. The van der Waals surface area contributed by atoms with Crippen LogP contribution in [0.5, 0.6) is 11.5 Å². The van der Waals surface area contributed by atoms with Gasteiger partial charge in [-0.05, 0) is 134 Å². The molecule has 1 aliphatic heterocycles. The van der Waals surface area contributed by atoms with E-state index < -0.39 is 0 Å². The highest BCUT2D eigenvalue weighted by atomic mass is 16.5. The summed E-state index contributed by atoms with van der Waals surface area (Å²) in [6, 6.07) is 32.2. The van der Waals surface area contributed by atoms with Crippen LogP contribution in [0.25, 0.3) is 0 Å². The van der Waals surface area contributed by atoms with Gasteiger partial charge >= 0.3 is 6.03 Å². The van der Waals surface area contributed by atoms with Gasteiger partial charge in [-0.1, -0.05) is 36.4 Å². The number of aryl methyl sites for hydroxylation is 1. The number of piperidine rings is 1. The fraction of sp³-hybridized carbons (Fsp3) is 0.324. The molecular weight excluding hydrogens is 532 g/mol. The first-order valence-corrected chi connectivity index (χ1v) is 15.5. The summed E-state index contributed by atoms with van der Waals surface area (Å²) in [6.45, 7) is 3.55. The van der Waals surface area contributed by atoms with Crippen molar-refractivity contribution in [3.05, 3.63) is 114 Å². The number of hydrogen-bond donors (Lipinski definition) is 2. The Balaban J connectivity index is 0.962. The molecule has 222 valence electrons. The lowest BCUT2D eigenvalue weighted by molar-refractivity contribution is 0.175. The van der Waals surface area contributed by atoms with Crippen LogP contribution in [0.4, 0.5) is 21.9 Å². The molecule has 1 heterocycles. The van der Waals surface area contributed by atoms with Gasteiger partial charge in [0, 0.05) is 37.7 Å². The fourth-order valence-corrected chi connectivity index (χ4v) is 6.46. The summed E-state index contributed by atoms with van der Waals surface area (Å²) in [5.74, 6) is 2.86. The maximum absolute atomic E-state index is 12.7. The first-order valence-electron chi connectivity index (χ1n) is 15.5. The highest BCUT2D eigenvalue weighted by molar-refractivity contribution is 5.99. The van der Waals surface area contributed by atoms with E-state index in [9.17, 15) is 4.79 Å². The minimum absolute atomic E-state index is 0.248. The lowest BCUT2D eigenvalue weighted by Gasteiger charge is -2.36. The molecule has 2 N–H and O–H groups in total. The molecule has 1 saturated heterocycles. The third-order valence-electron chi connectivity index (χ3n) is 8.85. The zero-order valence-corrected chi connectivity index (χ0v) is 25.3. The van der Waals surface area contributed by atoms with Crippen molar-refractivity contribution in [2.45, 2.75) is 38.0 Å². The predicted molar refractivity (Wildman–Crippen MR) is 177 cm³/mol. The molecule has 0 saturated carbocycles. The summed E-state index contributed by atoms with van der Waals surface area (Å²) in [5, 5.41) is 5.93. The Morgan fingerprint density at radius 2 is 1.51 bits per heavy atom. The number of nitrogens with one attached hydrogen (secondary N) is 2.